The second kappa shape index (κ2) is 9.17. The molecule has 1 aromatic rings. The van der Waals surface area contributed by atoms with Gasteiger partial charge >= 0.3 is 24.3 Å². The molecule has 1 fully saturated rings. The highest BCUT2D eigenvalue weighted by Crippen LogP contribution is 2.15. The second-order valence-corrected chi connectivity index (χ2v) is 4.72. The van der Waals surface area contributed by atoms with E-state index in [0.29, 0.717) is 11.7 Å². The smallest absolute Gasteiger partial charge is 0.475 e. The van der Waals surface area contributed by atoms with Crippen LogP contribution in [0.3, 0.4) is 0 Å². The first-order valence-electron chi connectivity index (χ1n) is 6.53. The average Bonchev–Trinajstić information content (AvgIpc) is 2.34. The summed E-state index contributed by atoms with van der Waals surface area (Å²) in [5.41, 5.74) is 0.861. The Morgan fingerprint density at radius 3 is 1.69 bits per heavy atom. The van der Waals surface area contributed by atoms with E-state index in [1.807, 2.05) is 0 Å². The van der Waals surface area contributed by atoms with Crippen LogP contribution in [-0.2, 0) is 9.59 Å². The van der Waals surface area contributed by atoms with Gasteiger partial charge in [0.15, 0.2) is 0 Å². The summed E-state index contributed by atoms with van der Waals surface area (Å²) in [5, 5.41) is 17.4. The predicted molar refractivity (Wildman–Crippen MR) is 72.6 cm³/mol. The molecule has 14 heteroatoms. The zero-order valence-electron chi connectivity index (χ0n) is 12.9. The van der Waals surface area contributed by atoms with Crippen molar-refractivity contribution < 1.29 is 46.1 Å². The summed E-state index contributed by atoms with van der Waals surface area (Å²) in [5.74, 6) is -4.38. The molecular formula is C12H13F6N3O5. The van der Waals surface area contributed by atoms with E-state index in [1.165, 1.54) is 0 Å². The molecule has 0 aromatic carbocycles. The molecule has 1 saturated heterocycles. The van der Waals surface area contributed by atoms with Crippen molar-refractivity contribution in [2.75, 3.05) is 13.1 Å². The third-order valence-electron chi connectivity index (χ3n) is 2.56. The van der Waals surface area contributed by atoms with Crippen molar-refractivity contribution in [1.82, 2.24) is 15.3 Å². The van der Waals surface area contributed by atoms with Gasteiger partial charge in [0.2, 0.25) is 0 Å². The molecule has 2 rings (SSSR count). The van der Waals surface area contributed by atoms with Gasteiger partial charge in [-0.25, -0.2) is 14.6 Å². The van der Waals surface area contributed by atoms with Crippen molar-refractivity contribution in [3.05, 3.63) is 27.9 Å². The molecule has 0 atom stereocenters. The molecule has 1 aliphatic rings. The standard InChI is InChI=1S/C8H11N3O.2C2HF3O2/c1-5-10-7(2-8(12)11-5)6-3-9-4-6;2*3-2(4,5)1(6)7/h2,6,9H,3-4H2,1H3,(H,10,11,12);2*(H,6,7). The number of carboxylic acid groups (broad SMARTS) is 2. The van der Waals surface area contributed by atoms with Gasteiger partial charge in [-0.1, -0.05) is 0 Å². The number of hydrogen-bond donors (Lipinski definition) is 4. The fourth-order valence-corrected chi connectivity index (χ4v) is 1.31. The van der Waals surface area contributed by atoms with Crippen LogP contribution in [0.5, 0.6) is 0 Å². The zero-order valence-corrected chi connectivity index (χ0v) is 12.9. The Morgan fingerprint density at radius 2 is 1.46 bits per heavy atom. The second-order valence-electron chi connectivity index (χ2n) is 4.72. The lowest BCUT2D eigenvalue weighted by Gasteiger charge is -2.26. The normalized spacial score (nSPS) is 14.1. The van der Waals surface area contributed by atoms with Crippen LogP contribution in [-0.4, -0.2) is 57.6 Å². The number of aromatic amines is 1. The van der Waals surface area contributed by atoms with Crippen LogP contribution in [0.4, 0.5) is 26.3 Å². The van der Waals surface area contributed by atoms with Crippen molar-refractivity contribution in [1.29, 1.82) is 0 Å². The molecule has 8 nitrogen and oxygen atoms in total. The van der Waals surface area contributed by atoms with Crippen LogP contribution in [0.15, 0.2) is 10.9 Å². The fourth-order valence-electron chi connectivity index (χ4n) is 1.31. The number of nitrogens with zero attached hydrogens (tertiary/aromatic N) is 1. The van der Waals surface area contributed by atoms with Crippen LogP contribution in [0, 0.1) is 6.92 Å². The third kappa shape index (κ3) is 9.00. The minimum Gasteiger partial charge on any atom is -0.475 e. The first-order chi connectivity index (χ1) is 11.6. The summed E-state index contributed by atoms with van der Waals surface area (Å²) in [4.78, 5) is 35.7. The monoisotopic (exact) mass is 393 g/mol. The van der Waals surface area contributed by atoms with Gasteiger partial charge in [0, 0.05) is 25.1 Å². The predicted octanol–water partition coefficient (Wildman–Crippen LogP) is 1.03. The van der Waals surface area contributed by atoms with Gasteiger partial charge in [0.25, 0.3) is 5.56 Å². The molecule has 0 radical (unpaired) electrons. The van der Waals surface area contributed by atoms with Gasteiger partial charge in [-0.15, -0.1) is 0 Å². The number of rotatable bonds is 1. The Hall–Kier alpha value is -2.64. The lowest BCUT2D eigenvalue weighted by Crippen LogP contribution is -2.40. The Labute approximate surface area is 140 Å². The molecule has 0 spiro atoms. The first kappa shape index (κ1) is 23.4. The number of aryl methyl sites for hydroxylation is 1. The molecule has 4 N–H and O–H groups in total. The highest BCUT2D eigenvalue weighted by Gasteiger charge is 2.38. The molecule has 26 heavy (non-hydrogen) atoms. The highest BCUT2D eigenvalue weighted by atomic mass is 19.4. The molecule has 0 amide bonds. The average molecular weight is 393 g/mol. The number of carboxylic acids is 2. The summed E-state index contributed by atoms with van der Waals surface area (Å²) in [6.45, 7) is 3.68. The molecule has 0 unspecified atom stereocenters. The number of aromatic nitrogens is 2. The Balaban J connectivity index is 0.000000390. The van der Waals surface area contributed by atoms with Crippen LogP contribution in [0.1, 0.15) is 17.4 Å². The Morgan fingerprint density at radius 1 is 1.08 bits per heavy atom. The van der Waals surface area contributed by atoms with Crippen molar-refractivity contribution in [2.45, 2.75) is 25.2 Å². The number of hydrogen-bond acceptors (Lipinski definition) is 5. The largest absolute Gasteiger partial charge is 0.490 e. The Bertz CT molecular complexity index is 657. The molecule has 1 aliphatic heterocycles. The van der Waals surface area contributed by atoms with Crippen LogP contribution >= 0.6 is 0 Å². The van der Waals surface area contributed by atoms with Crippen LogP contribution < -0.4 is 10.9 Å². The quantitative estimate of drug-likeness (QED) is 0.524. The van der Waals surface area contributed by atoms with Crippen molar-refractivity contribution in [2.24, 2.45) is 0 Å². The third-order valence-corrected chi connectivity index (χ3v) is 2.56. The van der Waals surface area contributed by atoms with Gasteiger partial charge in [0.1, 0.15) is 5.82 Å². The maximum Gasteiger partial charge on any atom is 0.490 e. The van der Waals surface area contributed by atoms with Gasteiger partial charge in [0.05, 0.1) is 5.69 Å². The number of H-pyrrole nitrogens is 1. The minimum atomic E-state index is -5.08. The first-order valence-corrected chi connectivity index (χ1v) is 6.53. The van der Waals surface area contributed by atoms with Crippen LogP contribution in [0.2, 0.25) is 0 Å². The summed E-state index contributed by atoms with van der Waals surface area (Å²) in [6.07, 6.45) is -10.2. The zero-order chi connectivity index (χ0) is 20.7. The number of aliphatic carboxylic acids is 2. The van der Waals surface area contributed by atoms with E-state index in [1.54, 1.807) is 13.0 Å². The lowest BCUT2D eigenvalue weighted by molar-refractivity contribution is -0.193. The molecule has 148 valence electrons. The molecular weight excluding hydrogens is 380 g/mol. The number of carbonyl (C=O) groups is 2. The van der Waals surface area contributed by atoms with Gasteiger partial charge < -0.3 is 20.5 Å². The molecule has 0 aliphatic carbocycles. The summed E-state index contributed by atoms with van der Waals surface area (Å²) < 4.78 is 63.5. The van der Waals surface area contributed by atoms with E-state index >= 15 is 0 Å². The van der Waals surface area contributed by atoms with E-state index < -0.39 is 24.3 Å². The molecule has 1 aromatic heterocycles. The van der Waals surface area contributed by atoms with E-state index in [4.69, 9.17) is 19.8 Å². The SMILES string of the molecule is Cc1nc(C2CNC2)cc(=O)[nH]1.O=C(O)C(F)(F)F.O=C(O)C(F)(F)F. The van der Waals surface area contributed by atoms with E-state index in [9.17, 15) is 31.1 Å². The summed E-state index contributed by atoms with van der Waals surface area (Å²) in [6, 6.07) is 1.58. The topological polar surface area (TPSA) is 132 Å². The maximum atomic E-state index is 11.0. The Kier molecular flexibility index (Phi) is 8.24. The van der Waals surface area contributed by atoms with E-state index in [0.717, 1.165) is 18.8 Å². The molecule has 0 saturated carbocycles. The summed E-state index contributed by atoms with van der Waals surface area (Å²) in [7, 11) is 0. The van der Waals surface area contributed by atoms with Crippen molar-refractivity contribution in [3.8, 4) is 0 Å². The van der Waals surface area contributed by atoms with E-state index in [2.05, 4.69) is 15.3 Å². The van der Waals surface area contributed by atoms with Gasteiger partial charge in [-0.05, 0) is 6.92 Å². The van der Waals surface area contributed by atoms with Crippen molar-refractivity contribution in [3.63, 3.8) is 0 Å². The van der Waals surface area contributed by atoms with Gasteiger partial charge in [-0.3, -0.25) is 4.79 Å². The highest BCUT2D eigenvalue weighted by molar-refractivity contribution is 5.73. The van der Waals surface area contributed by atoms with Gasteiger partial charge in [-0.2, -0.15) is 26.3 Å². The fraction of sp³-hybridized carbons (Fsp3) is 0.500. The number of alkyl halides is 6. The number of nitrogens with one attached hydrogen (secondary N) is 2. The number of halogens is 6. The van der Waals surface area contributed by atoms with Crippen molar-refractivity contribution >= 4 is 11.9 Å². The molecule has 2 heterocycles. The van der Waals surface area contributed by atoms with Crippen LogP contribution in [0.25, 0.3) is 0 Å². The van der Waals surface area contributed by atoms with E-state index in [-0.39, 0.29) is 5.56 Å². The molecule has 0 bridgehead atoms. The summed E-state index contributed by atoms with van der Waals surface area (Å²) >= 11 is 0. The minimum absolute atomic E-state index is 0.0515. The lowest BCUT2D eigenvalue weighted by atomic mass is 9.99. The maximum absolute atomic E-state index is 11.0.